The molecule has 0 spiro atoms. The highest BCUT2D eigenvalue weighted by Gasteiger charge is 1.94. The van der Waals surface area contributed by atoms with Crippen LogP contribution in [0.5, 0.6) is 0 Å². The predicted octanol–water partition coefficient (Wildman–Crippen LogP) is 1.86. The maximum atomic E-state index is 10.5. The summed E-state index contributed by atoms with van der Waals surface area (Å²) >= 11 is 0. The second-order valence-electron chi connectivity index (χ2n) is 2.46. The van der Waals surface area contributed by atoms with E-state index in [4.69, 9.17) is 0 Å². The van der Waals surface area contributed by atoms with Gasteiger partial charge in [0.15, 0.2) is 0 Å². The lowest BCUT2D eigenvalue weighted by molar-refractivity contribution is -0.111. The van der Waals surface area contributed by atoms with E-state index in [0.717, 1.165) is 18.4 Å². The van der Waals surface area contributed by atoms with Crippen LogP contribution in [0.25, 0.3) is 0 Å². The van der Waals surface area contributed by atoms with Crippen molar-refractivity contribution in [3.63, 3.8) is 0 Å². The van der Waals surface area contributed by atoms with Crippen molar-refractivity contribution in [1.82, 2.24) is 0 Å². The highest BCUT2D eigenvalue weighted by Crippen LogP contribution is 2.09. The molecule has 0 bridgehead atoms. The van der Waals surface area contributed by atoms with Crippen molar-refractivity contribution < 1.29 is 4.79 Å². The quantitative estimate of drug-likeness (QED) is 0.376. The average Bonchev–Trinajstić information content (AvgIpc) is 2.03. The van der Waals surface area contributed by atoms with Crippen LogP contribution in [0.4, 0.5) is 0 Å². The minimum Gasteiger partial charge on any atom is -0.285 e. The lowest BCUT2D eigenvalue weighted by atomic mass is 10.1. The van der Waals surface area contributed by atoms with Crippen LogP contribution in [0.15, 0.2) is 23.8 Å². The number of hydrogen-bond donors (Lipinski definition) is 0. The first kappa shape index (κ1) is 7.81. The summed E-state index contributed by atoms with van der Waals surface area (Å²) in [6, 6.07) is 0. The molecular weight excluding hydrogens is 136 g/mol. The highest BCUT2D eigenvalue weighted by molar-refractivity contribution is 5.93. The number of rotatable bonds is 0. The Kier molecular flexibility index (Phi) is 2.68. The molecule has 1 aliphatic carbocycles. The third kappa shape index (κ3) is 2.86. The summed E-state index contributed by atoms with van der Waals surface area (Å²) in [5.41, 5.74) is 1.06. The third-order valence-electron chi connectivity index (χ3n) is 1.41. The summed E-state index contributed by atoms with van der Waals surface area (Å²) in [7, 11) is 0. The minimum atomic E-state index is -0.0690. The third-order valence-corrected chi connectivity index (χ3v) is 1.41. The number of allylic oxidation sites excluding steroid dienone is 4. The Bertz CT molecular complexity index is 271. The van der Waals surface area contributed by atoms with Crippen molar-refractivity contribution in [3.8, 4) is 11.8 Å². The van der Waals surface area contributed by atoms with Gasteiger partial charge in [-0.1, -0.05) is 24.1 Å². The Hall–Kier alpha value is -1.29. The van der Waals surface area contributed by atoms with Gasteiger partial charge < -0.3 is 0 Å². The molecule has 1 rings (SSSR count). The number of carbonyl (C=O) groups is 1. The molecule has 0 N–H and O–H groups in total. The van der Waals surface area contributed by atoms with E-state index in [-0.39, 0.29) is 5.78 Å². The van der Waals surface area contributed by atoms with E-state index in [0.29, 0.717) is 0 Å². The van der Waals surface area contributed by atoms with Gasteiger partial charge in [0.1, 0.15) is 0 Å². The second-order valence-corrected chi connectivity index (χ2v) is 2.46. The fourth-order valence-corrected chi connectivity index (χ4v) is 0.875. The molecule has 11 heavy (non-hydrogen) atoms. The van der Waals surface area contributed by atoms with Crippen LogP contribution in [-0.4, -0.2) is 5.78 Å². The zero-order valence-corrected chi connectivity index (χ0v) is 6.55. The zero-order chi connectivity index (χ0) is 8.10. The molecular formula is C10H10O. The van der Waals surface area contributed by atoms with Gasteiger partial charge in [-0.25, -0.2) is 0 Å². The molecule has 0 amide bonds. The molecule has 0 fully saturated rings. The van der Waals surface area contributed by atoms with Gasteiger partial charge in [0.2, 0.25) is 5.78 Å². The summed E-state index contributed by atoms with van der Waals surface area (Å²) in [5, 5.41) is 0. The first-order valence-electron chi connectivity index (χ1n) is 3.67. The van der Waals surface area contributed by atoms with E-state index in [1.807, 2.05) is 12.2 Å². The molecule has 0 aromatic carbocycles. The Morgan fingerprint density at radius 1 is 1.64 bits per heavy atom. The van der Waals surface area contributed by atoms with Gasteiger partial charge in [0.25, 0.3) is 0 Å². The minimum absolute atomic E-state index is 0.0690. The molecule has 0 saturated heterocycles. The Balaban J connectivity index is 2.64. The molecule has 1 nitrogen and oxygen atoms in total. The van der Waals surface area contributed by atoms with Crippen molar-refractivity contribution in [2.75, 3.05) is 0 Å². The molecule has 0 aliphatic heterocycles. The summed E-state index contributed by atoms with van der Waals surface area (Å²) < 4.78 is 0. The van der Waals surface area contributed by atoms with E-state index in [1.54, 1.807) is 0 Å². The normalized spacial score (nSPS) is 14.8. The van der Waals surface area contributed by atoms with Crippen LogP contribution in [0.2, 0.25) is 0 Å². The Morgan fingerprint density at radius 3 is 3.00 bits per heavy atom. The molecule has 0 radical (unpaired) electrons. The monoisotopic (exact) mass is 146 g/mol. The fraction of sp³-hybridized carbons (Fsp3) is 0.300. The second kappa shape index (κ2) is 3.78. The van der Waals surface area contributed by atoms with E-state index in [2.05, 4.69) is 17.9 Å². The summed E-state index contributed by atoms with van der Waals surface area (Å²) in [6.07, 6.45) is 8.04. The topological polar surface area (TPSA) is 17.1 Å². The molecule has 0 heterocycles. The first-order chi connectivity index (χ1) is 5.29. The van der Waals surface area contributed by atoms with Crippen LogP contribution < -0.4 is 0 Å². The van der Waals surface area contributed by atoms with Crippen molar-refractivity contribution >= 4 is 5.78 Å². The van der Waals surface area contributed by atoms with E-state index < -0.39 is 0 Å². The summed E-state index contributed by atoms with van der Waals surface area (Å²) in [6.45, 7) is 1.48. The van der Waals surface area contributed by atoms with Gasteiger partial charge in [-0.15, -0.1) is 0 Å². The SMILES string of the molecule is CC(=O)C#CC1=CC=CCC1. The van der Waals surface area contributed by atoms with Crippen LogP contribution in [0, 0.1) is 11.8 Å². The fourth-order valence-electron chi connectivity index (χ4n) is 0.875. The molecule has 0 unspecified atom stereocenters. The molecule has 0 atom stereocenters. The molecule has 1 aliphatic rings. The maximum absolute atomic E-state index is 10.5. The molecule has 56 valence electrons. The van der Waals surface area contributed by atoms with Crippen molar-refractivity contribution in [3.05, 3.63) is 23.8 Å². The Labute approximate surface area is 66.8 Å². The maximum Gasteiger partial charge on any atom is 0.202 e. The van der Waals surface area contributed by atoms with Gasteiger partial charge >= 0.3 is 0 Å². The van der Waals surface area contributed by atoms with Crippen LogP contribution in [0.1, 0.15) is 19.8 Å². The number of Topliss-reactive ketones (excluding diaryl/α,β-unsaturated/α-hetero) is 1. The number of carbonyl (C=O) groups excluding carboxylic acids is 1. The van der Waals surface area contributed by atoms with Crippen molar-refractivity contribution in [2.45, 2.75) is 19.8 Å². The molecule has 1 heteroatoms. The first-order valence-corrected chi connectivity index (χ1v) is 3.67. The number of ketones is 1. The van der Waals surface area contributed by atoms with Gasteiger partial charge in [0, 0.05) is 12.5 Å². The van der Waals surface area contributed by atoms with Crippen molar-refractivity contribution in [1.29, 1.82) is 0 Å². The van der Waals surface area contributed by atoms with Gasteiger partial charge in [0.05, 0.1) is 0 Å². The summed E-state index contributed by atoms with van der Waals surface area (Å²) in [5.74, 6) is 5.29. The summed E-state index contributed by atoms with van der Waals surface area (Å²) in [4.78, 5) is 10.5. The van der Waals surface area contributed by atoms with Gasteiger partial charge in [-0.3, -0.25) is 4.79 Å². The lowest BCUT2D eigenvalue weighted by Gasteiger charge is -1.98. The van der Waals surface area contributed by atoms with E-state index >= 15 is 0 Å². The van der Waals surface area contributed by atoms with Gasteiger partial charge in [-0.05, 0) is 18.8 Å². The standard InChI is InChI=1S/C10H10O/c1-9(11)7-8-10-5-3-2-4-6-10/h2-3,5H,4,6H2,1H3. The lowest BCUT2D eigenvalue weighted by Crippen LogP contribution is -1.86. The Morgan fingerprint density at radius 2 is 2.45 bits per heavy atom. The van der Waals surface area contributed by atoms with E-state index in [1.165, 1.54) is 6.92 Å². The molecule has 0 saturated carbocycles. The van der Waals surface area contributed by atoms with E-state index in [9.17, 15) is 4.79 Å². The van der Waals surface area contributed by atoms with Crippen LogP contribution in [-0.2, 0) is 4.79 Å². The average molecular weight is 146 g/mol. The zero-order valence-electron chi connectivity index (χ0n) is 6.55. The van der Waals surface area contributed by atoms with Crippen LogP contribution in [0.3, 0.4) is 0 Å². The van der Waals surface area contributed by atoms with Gasteiger partial charge in [-0.2, -0.15) is 0 Å². The molecule has 0 aromatic rings. The van der Waals surface area contributed by atoms with Crippen molar-refractivity contribution in [2.24, 2.45) is 0 Å². The number of hydrogen-bond acceptors (Lipinski definition) is 1. The smallest absolute Gasteiger partial charge is 0.202 e. The largest absolute Gasteiger partial charge is 0.285 e. The predicted molar refractivity (Wildman–Crippen MR) is 44.9 cm³/mol. The molecule has 0 aromatic heterocycles. The van der Waals surface area contributed by atoms with Crippen LogP contribution >= 0.6 is 0 Å². The highest BCUT2D eigenvalue weighted by atomic mass is 16.1.